The maximum absolute atomic E-state index is 11.9. The van der Waals surface area contributed by atoms with Crippen LogP contribution < -0.4 is 0 Å². The van der Waals surface area contributed by atoms with Crippen molar-refractivity contribution < 1.29 is 9.90 Å². The molecule has 0 aliphatic carbocycles. The molecule has 0 saturated carbocycles. The number of hydrogen-bond donors (Lipinski definition) is 1. The number of likely N-dealkylation sites (tertiary alicyclic amines) is 1. The van der Waals surface area contributed by atoms with Gasteiger partial charge in [-0.1, -0.05) is 11.6 Å². The van der Waals surface area contributed by atoms with E-state index in [-0.39, 0.29) is 12.0 Å². The number of halogens is 1. The lowest BCUT2D eigenvalue weighted by atomic mass is 10.1. The number of aliphatic hydroxyl groups excluding tert-OH is 1. The van der Waals surface area contributed by atoms with E-state index in [2.05, 4.69) is 0 Å². The first-order valence-corrected chi connectivity index (χ1v) is 7.09. The lowest BCUT2D eigenvalue weighted by Gasteiger charge is -2.29. The quantitative estimate of drug-likeness (QED) is 0.918. The fourth-order valence-electron chi connectivity index (χ4n) is 1.99. The maximum Gasteiger partial charge on any atom is 0.222 e. The van der Waals surface area contributed by atoms with Crippen molar-refractivity contribution in [3.05, 3.63) is 21.3 Å². The van der Waals surface area contributed by atoms with Gasteiger partial charge in [0.1, 0.15) is 0 Å². The van der Waals surface area contributed by atoms with Crippen molar-refractivity contribution in [2.24, 2.45) is 0 Å². The third kappa shape index (κ3) is 3.69. The molecule has 94 valence electrons. The van der Waals surface area contributed by atoms with Crippen LogP contribution in [0.15, 0.2) is 11.4 Å². The van der Waals surface area contributed by atoms with Crippen LogP contribution in [0.1, 0.15) is 24.1 Å². The molecule has 1 fully saturated rings. The van der Waals surface area contributed by atoms with Crippen LogP contribution in [-0.2, 0) is 11.2 Å². The topological polar surface area (TPSA) is 40.5 Å². The standard InChI is InChI=1S/C12H16ClNO2S/c13-9-7-11(17-8-9)1-2-12(16)14-5-3-10(15)4-6-14/h7-8,10,15H,1-6H2. The van der Waals surface area contributed by atoms with E-state index >= 15 is 0 Å². The summed E-state index contributed by atoms with van der Waals surface area (Å²) >= 11 is 7.42. The highest BCUT2D eigenvalue weighted by atomic mass is 35.5. The first-order valence-electron chi connectivity index (χ1n) is 5.84. The average molecular weight is 274 g/mol. The number of piperidine rings is 1. The SMILES string of the molecule is O=C(CCc1cc(Cl)cs1)N1CCC(O)CC1. The van der Waals surface area contributed by atoms with Crippen molar-refractivity contribution in [2.45, 2.75) is 31.8 Å². The van der Waals surface area contributed by atoms with Crippen molar-refractivity contribution in [1.82, 2.24) is 4.90 Å². The summed E-state index contributed by atoms with van der Waals surface area (Å²) in [6, 6.07) is 1.92. The van der Waals surface area contributed by atoms with Crippen molar-refractivity contribution in [2.75, 3.05) is 13.1 Å². The molecule has 1 aromatic rings. The van der Waals surface area contributed by atoms with Gasteiger partial charge in [0, 0.05) is 29.8 Å². The summed E-state index contributed by atoms with van der Waals surface area (Å²) in [5, 5.41) is 12.0. The minimum atomic E-state index is -0.227. The van der Waals surface area contributed by atoms with Gasteiger partial charge in [-0.25, -0.2) is 0 Å². The molecule has 3 nitrogen and oxygen atoms in total. The van der Waals surface area contributed by atoms with E-state index in [4.69, 9.17) is 11.6 Å². The molecule has 2 rings (SSSR count). The highest BCUT2D eigenvalue weighted by Gasteiger charge is 2.20. The zero-order chi connectivity index (χ0) is 12.3. The van der Waals surface area contributed by atoms with Gasteiger partial charge in [0.2, 0.25) is 5.91 Å². The van der Waals surface area contributed by atoms with Crippen molar-refractivity contribution in [1.29, 1.82) is 0 Å². The Balaban J connectivity index is 1.77. The normalized spacial score (nSPS) is 17.4. The van der Waals surface area contributed by atoms with Crippen LogP contribution in [0.5, 0.6) is 0 Å². The van der Waals surface area contributed by atoms with Crippen LogP contribution in [0.25, 0.3) is 0 Å². The van der Waals surface area contributed by atoms with Gasteiger partial charge in [-0.3, -0.25) is 4.79 Å². The molecule has 1 saturated heterocycles. The molecule has 5 heteroatoms. The van der Waals surface area contributed by atoms with E-state index in [1.54, 1.807) is 11.3 Å². The Kier molecular flexibility index (Phi) is 4.42. The number of thiophene rings is 1. The first-order chi connectivity index (χ1) is 8.15. The van der Waals surface area contributed by atoms with Gasteiger partial charge in [0.05, 0.1) is 11.1 Å². The number of aryl methyl sites for hydroxylation is 1. The zero-order valence-electron chi connectivity index (χ0n) is 9.56. The Morgan fingerprint density at radius 3 is 2.82 bits per heavy atom. The lowest BCUT2D eigenvalue weighted by Crippen LogP contribution is -2.40. The molecule has 17 heavy (non-hydrogen) atoms. The molecule has 1 aromatic heterocycles. The van der Waals surface area contributed by atoms with Gasteiger partial charge in [-0.2, -0.15) is 0 Å². The minimum absolute atomic E-state index is 0.182. The fourth-order valence-corrected chi connectivity index (χ4v) is 3.07. The summed E-state index contributed by atoms with van der Waals surface area (Å²) in [7, 11) is 0. The Morgan fingerprint density at radius 1 is 1.53 bits per heavy atom. The number of carbonyl (C=O) groups excluding carboxylic acids is 1. The van der Waals surface area contributed by atoms with E-state index in [0.29, 0.717) is 32.4 Å². The second kappa shape index (κ2) is 5.85. The second-order valence-corrected chi connectivity index (χ2v) is 5.78. The summed E-state index contributed by atoms with van der Waals surface area (Å²) < 4.78 is 0. The zero-order valence-corrected chi connectivity index (χ0v) is 11.1. The highest BCUT2D eigenvalue weighted by molar-refractivity contribution is 7.10. The van der Waals surface area contributed by atoms with Crippen molar-refractivity contribution in [3.63, 3.8) is 0 Å². The average Bonchev–Trinajstić information content (AvgIpc) is 2.73. The Hall–Kier alpha value is -0.580. The number of nitrogens with zero attached hydrogens (tertiary/aromatic N) is 1. The molecule has 0 atom stereocenters. The molecule has 1 amide bonds. The summed E-state index contributed by atoms with van der Waals surface area (Å²) in [5.74, 6) is 0.182. The van der Waals surface area contributed by atoms with Gasteiger partial charge < -0.3 is 10.0 Å². The number of amides is 1. The third-order valence-electron chi connectivity index (χ3n) is 3.02. The predicted octanol–water partition coefficient (Wildman–Crippen LogP) is 2.32. The second-order valence-electron chi connectivity index (χ2n) is 4.34. The minimum Gasteiger partial charge on any atom is -0.393 e. The molecule has 1 N–H and O–H groups in total. The molecule has 0 spiro atoms. The van der Waals surface area contributed by atoms with Gasteiger partial charge in [-0.15, -0.1) is 11.3 Å². The Bertz CT molecular complexity index is 386. The Morgan fingerprint density at radius 2 is 2.24 bits per heavy atom. The number of hydrogen-bond acceptors (Lipinski definition) is 3. The molecule has 2 heterocycles. The molecular weight excluding hydrogens is 258 g/mol. The predicted molar refractivity (Wildman–Crippen MR) is 69.5 cm³/mol. The third-order valence-corrected chi connectivity index (χ3v) is 4.37. The van der Waals surface area contributed by atoms with Crippen molar-refractivity contribution >= 4 is 28.8 Å². The highest BCUT2D eigenvalue weighted by Crippen LogP contribution is 2.21. The largest absolute Gasteiger partial charge is 0.393 e. The summed E-state index contributed by atoms with van der Waals surface area (Å²) in [5.41, 5.74) is 0. The lowest BCUT2D eigenvalue weighted by molar-refractivity contribution is -0.133. The van der Waals surface area contributed by atoms with Crippen LogP contribution in [-0.4, -0.2) is 35.1 Å². The van der Waals surface area contributed by atoms with E-state index in [1.807, 2.05) is 16.3 Å². The summed E-state index contributed by atoms with van der Waals surface area (Å²) in [6.07, 6.45) is 2.48. The number of carbonyl (C=O) groups is 1. The van der Waals surface area contributed by atoms with Gasteiger partial charge in [0.25, 0.3) is 0 Å². The molecule has 0 unspecified atom stereocenters. The molecule has 1 aliphatic heterocycles. The molecule has 0 bridgehead atoms. The van der Waals surface area contributed by atoms with Crippen LogP contribution >= 0.6 is 22.9 Å². The van der Waals surface area contributed by atoms with Gasteiger partial charge >= 0.3 is 0 Å². The van der Waals surface area contributed by atoms with Crippen molar-refractivity contribution in [3.8, 4) is 0 Å². The molecular formula is C12H16ClNO2S. The number of aliphatic hydroxyl groups is 1. The Labute approximate surface area is 110 Å². The van der Waals surface area contributed by atoms with Gasteiger partial charge in [-0.05, 0) is 25.3 Å². The first kappa shape index (κ1) is 12.9. The smallest absolute Gasteiger partial charge is 0.222 e. The fraction of sp³-hybridized carbons (Fsp3) is 0.583. The molecule has 1 aliphatic rings. The molecule has 0 aromatic carbocycles. The van der Waals surface area contributed by atoms with Crippen LogP contribution in [0.3, 0.4) is 0 Å². The molecule has 0 radical (unpaired) electrons. The summed E-state index contributed by atoms with van der Waals surface area (Å²) in [6.45, 7) is 1.37. The summed E-state index contributed by atoms with van der Waals surface area (Å²) in [4.78, 5) is 14.9. The van der Waals surface area contributed by atoms with Crippen LogP contribution in [0, 0.1) is 0 Å². The monoisotopic (exact) mass is 273 g/mol. The van der Waals surface area contributed by atoms with E-state index in [0.717, 1.165) is 16.3 Å². The van der Waals surface area contributed by atoms with Gasteiger partial charge in [0.15, 0.2) is 0 Å². The van der Waals surface area contributed by atoms with Crippen LogP contribution in [0.2, 0.25) is 5.02 Å². The van der Waals surface area contributed by atoms with Crippen LogP contribution in [0.4, 0.5) is 0 Å². The number of rotatable bonds is 3. The van der Waals surface area contributed by atoms with E-state index < -0.39 is 0 Å². The van der Waals surface area contributed by atoms with E-state index in [1.165, 1.54) is 0 Å². The maximum atomic E-state index is 11.9. The van der Waals surface area contributed by atoms with E-state index in [9.17, 15) is 9.90 Å².